The van der Waals surface area contributed by atoms with Gasteiger partial charge >= 0.3 is 0 Å². The highest BCUT2D eigenvalue weighted by atomic mass is 19.3. The second-order valence-electron chi connectivity index (χ2n) is 2.99. The highest BCUT2D eigenvalue weighted by Gasteiger charge is 2.45. The van der Waals surface area contributed by atoms with Gasteiger partial charge in [-0.3, -0.25) is 0 Å². The lowest BCUT2D eigenvalue weighted by Gasteiger charge is -2.40. The lowest BCUT2D eigenvalue weighted by molar-refractivity contribution is -0.133. The quantitative estimate of drug-likeness (QED) is 0.639. The number of ether oxygens (including phenoxy) is 1. The van der Waals surface area contributed by atoms with Gasteiger partial charge in [-0.1, -0.05) is 6.42 Å². The molecule has 66 valence electrons. The predicted molar refractivity (Wildman–Crippen MR) is 35.3 cm³/mol. The molecule has 0 saturated heterocycles. The molecule has 0 aromatic rings. The van der Waals surface area contributed by atoms with Crippen molar-refractivity contribution in [2.45, 2.75) is 25.7 Å². The van der Waals surface area contributed by atoms with Crippen LogP contribution in [0, 0.1) is 5.41 Å². The molecule has 0 aliphatic heterocycles. The van der Waals surface area contributed by atoms with Gasteiger partial charge in [-0.25, -0.2) is 8.78 Å². The summed E-state index contributed by atoms with van der Waals surface area (Å²) in [4.78, 5) is 0. The lowest BCUT2D eigenvalue weighted by atomic mass is 9.70. The molecule has 1 rings (SSSR count). The maximum absolute atomic E-state index is 12.3. The van der Waals surface area contributed by atoms with Gasteiger partial charge in [0.15, 0.2) is 0 Å². The maximum atomic E-state index is 12.3. The van der Waals surface area contributed by atoms with E-state index in [0.29, 0.717) is 12.8 Å². The van der Waals surface area contributed by atoms with Crippen molar-refractivity contribution in [1.29, 1.82) is 0 Å². The molecule has 4 heteroatoms. The molecule has 11 heavy (non-hydrogen) atoms. The zero-order valence-corrected chi connectivity index (χ0v) is 6.22. The Kier molecular flexibility index (Phi) is 2.78. The normalized spacial score (nSPS) is 21.8. The van der Waals surface area contributed by atoms with Crippen LogP contribution in [0.15, 0.2) is 0 Å². The van der Waals surface area contributed by atoms with Crippen LogP contribution in [0.25, 0.3) is 0 Å². The van der Waals surface area contributed by atoms with E-state index in [1.54, 1.807) is 0 Å². The second kappa shape index (κ2) is 3.45. The molecule has 1 aliphatic carbocycles. The average Bonchev–Trinajstić information content (AvgIpc) is 1.85. The minimum atomic E-state index is -2.32. The Morgan fingerprint density at radius 3 is 2.36 bits per heavy atom. The van der Waals surface area contributed by atoms with Crippen molar-refractivity contribution in [1.82, 2.24) is 0 Å². The fourth-order valence-electron chi connectivity index (χ4n) is 1.31. The summed E-state index contributed by atoms with van der Waals surface area (Å²) < 4.78 is 29.2. The molecule has 1 N–H and O–H groups in total. The molecular weight excluding hydrogens is 154 g/mol. The van der Waals surface area contributed by atoms with E-state index in [9.17, 15) is 8.78 Å². The van der Waals surface area contributed by atoms with Crippen molar-refractivity contribution in [3.05, 3.63) is 0 Å². The molecule has 0 radical (unpaired) electrons. The topological polar surface area (TPSA) is 29.5 Å². The third kappa shape index (κ3) is 1.68. The van der Waals surface area contributed by atoms with Gasteiger partial charge in [0, 0.05) is 0 Å². The van der Waals surface area contributed by atoms with Crippen LogP contribution < -0.4 is 0 Å². The standard InChI is InChI=1S/C7H12F2O2/c8-6(9)7(2-1-3-7)4-11-5-10/h6,10H,1-5H2. The summed E-state index contributed by atoms with van der Waals surface area (Å²) in [5, 5.41) is 8.26. The summed E-state index contributed by atoms with van der Waals surface area (Å²) in [6.07, 6.45) is -0.433. The van der Waals surface area contributed by atoms with Gasteiger partial charge in [-0.05, 0) is 12.8 Å². The van der Waals surface area contributed by atoms with Crippen LogP contribution >= 0.6 is 0 Å². The summed E-state index contributed by atoms with van der Waals surface area (Å²) in [7, 11) is 0. The molecular formula is C7H12F2O2. The van der Waals surface area contributed by atoms with Gasteiger partial charge in [-0.15, -0.1) is 0 Å². The van der Waals surface area contributed by atoms with Crippen molar-refractivity contribution < 1.29 is 18.6 Å². The highest BCUT2D eigenvalue weighted by molar-refractivity contribution is 4.89. The fraction of sp³-hybridized carbons (Fsp3) is 1.00. The minimum absolute atomic E-state index is 0.0127. The van der Waals surface area contributed by atoms with E-state index in [2.05, 4.69) is 4.74 Å². The zero-order chi connectivity index (χ0) is 8.32. The van der Waals surface area contributed by atoms with Gasteiger partial charge < -0.3 is 9.84 Å². The SMILES string of the molecule is OCOCC1(C(F)F)CCC1. The van der Waals surface area contributed by atoms with Crippen LogP contribution in [-0.4, -0.2) is 24.9 Å². The number of hydrogen-bond acceptors (Lipinski definition) is 2. The van der Waals surface area contributed by atoms with E-state index < -0.39 is 18.6 Å². The van der Waals surface area contributed by atoms with Gasteiger partial charge in [0.1, 0.15) is 6.79 Å². The lowest BCUT2D eigenvalue weighted by Crippen LogP contribution is -2.41. The van der Waals surface area contributed by atoms with Gasteiger partial charge in [0.25, 0.3) is 0 Å². The first-order valence-corrected chi connectivity index (χ1v) is 3.68. The van der Waals surface area contributed by atoms with E-state index in [1.165, 1.54) is 0 Å². The van der Waals surface area contributed by atoms with Gasteiger partial charge in [-0.2, -0.15) is 0 Å². The van der Waals surface area contributed by atoms with Crippen LogP contribution in [-0.2, 0) is 4.74 Å². The van der Waals surface area contributed by atoms with Crippen molar-refractivity contribution in [2.75, 3.05) is 13.4 Å². The molecule has 1 aliphatic rings. The maximum Gasteiger partial charge on any atom is 0.246 e. The molecule has 0 aromatic heterocycles. The Bertz CT molecular complexity index is 124. The van der Waals surface area contributed by atoms with E-state index in [-0.39, 0.29) is 6.61 Å². The Morgan fingerprint density at radius 2 is 2.09 bits per heavy atom. The monoisotopic (exact) mass is 166 g/mol. The van der Waals surface area contributed by atoms with Crippen molar-refractivity contribution in [3.8, 4) is 0 Å². The second-order valence-corrected chi connectivity index (χ2v) is 2.99. The first-order chi connectivity index (χ1) is 5.21. The van der Waals surface area contributed by atoms with Crippen molar-refractivity contribution >= 4 is 0 Å². The Morgan fingerprint density at radius 1 is 1.45 bits per heavy atom. The minimum Gasteiger partial charge on any atom is -0.371 e. The molecule has 0 bridgehead atoms. The Labute approximate surface area is 64.2 Å². The number of aliphatic hydroxyl groups excluding tert-OH is 1. The molecule has 1 saturated carbocycles. The van der Waals surface area contributed by atoms with Crippen molar-refractivity contribution in [2.24, 2.45) is 5.41 Å². The summed E-state index contributed by atoms with van der Waals surface area (Å²) in [6, 6.07) is 0. The third-order valence-corrected chi connectivity index (χ3v) is 2.29. The van der Waals surface area contributed by atoms with Crippen molar-refractivity contribution in [3.63, 3.8) is 0 Å². The summed E-state index contributed by atoms with van der Waals surface area (Å²) in [5.74, 6) is 0. The molecule has 0 aromatic carbocycles. The largest absolute Gasteiger partial charge is 0.371 e. The molecule has 0 heterocycles. The van der Waals surface area contributed by atoms with Crippen LogP contribution in [0.3, 0.4) is 0 Å². The number of hydrogen-bond donors (Lipinski definition) is 1. The van der Waals surface area contributed by atoms with Crippen LogP contribution in [0.5, 0.6) is 0 Å². The van der Waals surface area contributed by atoms with Gasteiger partial charge in [0.2, 0.25) is 6.43 Å². The van der Waals surface area contributed by atoms with Gasteiger partial charge in [0.05, 0.1) is 12.0 Å². The molecule has 0 atom stereocenters. The van der Waals surface area contributed by atoms with Crippen LogP contribution in [0.1, 0.15) is 19.3 Å². The first kappa shape index (κ1) is 8.87. The summed E-state index contributed by atoms with van der Waals surface area (Å²) in [5.41, 5.74) is -0.942. The molecule has 2 nitrogen and oxygen atoms in total. The Hall–Kier alpha value is -0.220. The Balaban J connectivity index is 2.34. The van der Waals surface area contributed by atoms with E-state index in [4.69, 9.17) is 5.11 Å². The van der Waals surface area contributed by atoms with E-state index in [0.717, 1.165) is 6.42 Å². The average molecular weight is 166 g/mol. The number of aliphatic hydroxyl groups is 1. The third-order valence-electron chi connectivity index (χ3n) is 2.29. The number of rotatable bonds is 4. The smallest absolute Gasteiger partial charge is 0.246 e. The van der Waals surface area contributed by atoms with Crippen LogP contribution in [0.2, 0.25) is 0 Å². The van der Waals surface area contributed by atoms with Crippen LogP contribution in [0.4, 0.5) is 8.78 Å². The molecule has 0 unspecified atom stereocenters. The van der Waals surface area contributed by atoms with E-state index in [1.807, 2.05) is 0 Å². The number of halogens is 2. The molecule has 0 amide bonds. The zero-order valence-electron chi connectivity index (χ0n) is 6.22. The first-order valence-electron chi connectivity index (χ1n) is 3.68. The summed E-state index contributed by atoms with van der Waals surface area (Å²) in [6.45, 7) is -0.477. The highest BCUT2D eigenvalue weighted by Crippen LogP contribution is 2.45. The summed E-state index contributed by atoms with van der Waals surface area (Å²) >= 11 is 0. The molecule has 0 spiro atoms. The number of alkyl halides is 2. The van der Waals surface area contributed by atoms with E-state index >= 15 is 0 Å². The fourth-order valence-corrected chi connectivity index (χ4v) is 1.31. The predicted octanol–water partition coefficient (Wildman–Crippen LogP) is 1.39. The molecule has 1 fully saturated rings.